The fraction of sp³-hybridized carbons (Fsp3) is 0.524. The zero-order valence-corrected chi connectivity index (χ0v) is 17.3. The summed E-state index contributed by atoms with van der Waals surface area (Å²) in [6, 6.07) is 6.19. The first-order chi connectivity index (χ1) is 14.0. The molecule has 1 aliphatic carbocycles. The van der Waals surface area contributed by atoms with Gasteiger partial charge in [0.05, 0.1) is 23.1 Å². The van der Waals surface area contributed by atoms with Gasteiger partial charge in [-0.15, -0.1) is 0 Å². The van der Waals surface area contributed by atoms with E-state index in [1.54, 1.807) is 19.1 Å². The number of benzene rings is 1. The second kappa shape index (κ2) is 8.81. The van der Waals surface area contributed by atoms with Gasteiger partial charge in [-0.05, 0) is 49.9 Å². The molecule has 2 fully saturated rings. The van der Waals surface area contributed by atoms with E-state index in [0.717, 1.165) is 18.8 Å². The van der Waals surface area contributed by atoms with E-state index < -0.39 is 0 Å². The van der Waals surface area contributed by atoms with Gasteiger partial charge in [0.2, 0.25) is 0 Å². The molecule has 0 radical (unpaired) electrons. The number of amides is 1. The third-order valence-corrected chi connectivity index (χ3v) is 6.28. The number of aryl methyl sites for hydroxylation is 1. The van der Waals surface area contributed by atoms with E-state index in [0.29, 0.717) is 23.0 Å². The summed E-state index contributed by atoms with van der Waals surface area (Å²) < 4.78 is 14.6. The molecule has 0 spiro atoms. The van der Waals surface area contributed by atoms with E-state index in [4.69, 9.17) is 11.6 Å². The minimum Gasteiger partial charge on any atom is -0.335 e. The lowest BCUT2D eigenvalue weighted by Crippen LogP contribution is -2.44. The van der Waals surface area contributed by atoms with Crippen LogP contribution in [0.15, 0.2) is 24.3 Å². The molecule has 2 unspecified atom stereocenters. The molecule has 1 aromatic carbocycles. The molecular weight excluding hydrogens is 393 g/mol. The molecule has 0 bridgehead atoms. The number of hydrogen-bond acceptors (Lipinski definition) is 4. The minimum absolute atomic E-state index is 0.152. The van der Waals surface area contributed by atoms with Gasteiger partial charge in [0.15, 0.2) is 0 Å². The second-order valence-corrected chi connectivity index (χ2v) is 8.48. The first-order valence-electron chi connectivity index (χ1n) is 10.3. The molecule has 2 aliphatic rings. The maximum atomic E-state index is 13.2. The Balaban J connectivity index is 1.39. The fourth-order valence-corrected chi connectivity index (χ4v) is 4.79. The lowest BCUT2D eigenvalue weighted by Gasteiger charge is -2.24. The average molecular weight is 420 g/mol. The van der Waals surface area contributed by atoms with Crippen molar-refractivity contribution in [1.29, 1.82) is 0 Å². The standard InChI is InChI=1S/C21H27ClFN5O/c1-13-19(20(22)28(27-13)17-9-7-15(23)8-10-17)21(29)24-18-12-16(25-26-18)11-14-5-3-2-4-6-14/h7-10,14,16,18,25-26H,2-6,11-12H2,1H3,(H,24,29). The lowest BCUT2D eigenvalue weighted by atomic mass is 9.84. The number of aromatic nitrogens is 2. The molecule has 1 saturated heterocycles. The lowest BCUT2D eigenvalue weighted by molar-refractivity contribution is 0.0932. The number of hydrogen-bond donors (Lipinski definition) is 3. The summed E-state index contributed by atoms with van der Waals surface area (Å²) in [4.78, 5) is 12.9. The van der Waals surface area contributed by atoms with Gasteiger partial charge in [-0.3, -0.25) is 10.2 Å². The van der Waals surface area contributed by atoms with Crippen molar-refractivity contribution in [3.8, 4) is 5.69 Å². The smallest absolute Gasteiger partial charge is 0.257 e. The third-order valence-electron chi connectivity index (χ3n) is 5.93. The number of carbonyl (C=O) groups excluding carboxylic acids is 1. The third kappa shape index (κ3) is 4.63. The monoisotopic (exact) mass is 419 g/mol. The summed E-state index contributed by atoms with van der Waals surface area (Å²) in [5.41, 5.74) is 7.98. The molecule has 2 atom stereocenters. The summed E-state index contributed by atoms with van der Waals surface area (Å²) in [5.74, 6) is 0.177. The summed E-state index contributed by atoms with van der Waals surface area (Å²) >= 11 is 6.45. The Bertz CT molecular complexity index is 863. The first-order valence-corrected chi connectivity index (χ1v) is 10.7. The second-order valence-electron chi connectivity index (χ2n) is 8.13. The molecule has 1 aliphatic heterocycles. The van der Waals surface area contributed by atoms with Crippen LogP contribution in [0.4, 0.5) is 4.39 Å². The van der Waals surface area contributed by atoms with Gasteiger partial charge < -0.3 is 5.32 Å². The number of nitrogens with zero attached hydrogens (tertiary/aromatic N) is 2. The maximum absolute atomic E-state index is 13.2. The van der Waals surface area contributed by atoms with Crippen LogP contribution in [0.3, 0.4) is 0 Å². The Morgan fingerprint density at radius 2 is 1.97 bits per heavy atom. The SMILES string of the molecule is Cc1nn(-c2ccc(F)cc2)c(Cl)c1C(=O)NC1CC(CC2CCCCC2)NN1. The zero-order valence-electron chi connectivity index (χ0n) is 16.5. The van der Waals surface area contributed by atoms with E-state index in [-0.39, 0.29) is 23.0 Å². The van der Waals surface area contributed by atoms with Crippen LogP contribution in [0, 0.1) is 18.7 Å². The van der Waals surface area contributed by atoms with Crippen LogP contribution >= 0.6 is 11.6 Å². The molecule has 2 heterocycles. The van der Waals surface area contributed by atoms with Gasteiger partial charge in [-0.25, -0.2) is 14.5 Å². The van der Waals surface area contributed by atoms with Crippen LogP contribution in [0.5, 0.6) is 0 Å². The molecule has 3 N–H and O–H groups in total. The number of nitrogens with one attached hydrogen (secondary N) is 3. The summed E-state index contributed by atoms with van der Waals surface area (Å²) in [5, 5.41) is 7.59. The Kier molecular flexibility index (Phi) is 6.18. The molecule has 1 amide bonds. The Morgan fingerprint density at radius 1 is 1.24 bits per heavy atom. The van der Waals surface area contributed by atoms with Crippen molar-refractivity contribution < 1.29 is 9.18 Å². The Labute approximate surface area is 175 Å². The molecule has 1 aromatic heterocycles. The Hall–Kier alpha value is -1.96. The average Bonchev–Trinajstić information content (AvgIpc) is 3.26. The summed E-state index contributed by atoms with van der Waals surface area (Å²) in [6.07, 6.45) is 8.48. The number of halogens is 2. The van der Waals surface area contributed by atoms with E-state index in [2.05, 4.69) is 21.3 Å². The van der Waals surface area contributed by atoms with Gasteiger partial charge in [-0.1, -0.05) is 43.7 Å². The van der Waals surface area contributed by atoms with Gasteiger partial charge in [-0.2, -0.15) is 5.10 Å². The first kappa shape index (κ1) is 20.3. The highest BCUT2D eigenvalue weighted by Crippen LogP contribution is 2.29. The zero-order chi connectivity index (χ0) is 20.4. The predicted molar refractivity (Wildman–Crippen MR) is 110 cm³/mol. The molecule has 2 aromatic rings. The number of carbonyl (C=O) groups is 1. The molecule has 6 nitrogen and oxygen atoms in total. The van der Waals surface area contributed by atoms with Crippen LogP contribution in [0.25, 0.3) is 5.69 Å². The van der Waals surface area contributed by atoms with Crippen molar-refractivity contribution in [2.45, 2.75) is 64.1 Å². The molecular formula is C21H27ClFN5O. The van der Waals surface area contributed by atoms with Crippen molar-refractivity contribution in [2.75, 3.05) is 0 Å². The number of rotatable bonds is 5. The summed E-state index contributed by atoms with van der Waals surface area (Å²) in [7, 11) is 0. The van der Waals surface area contributed by atoms with Gasteiger partial charge in [0.1, 0.15) is 11.0 Å². The maximum Gasteiger partial charge on any atom is 0.257 e. The summed E-state index contributed by atoms with van der Waals surface area (Å²) in [6.45, 7) is 1.74. The highest BCUT2D eigenvalue weighted by molar-refractivity contribution is 6.33. The van der Waals surface area contributed by atoms with Crippen LogP contribution in [-0.2, 0) is 0 Å². The van der Waals surface area contributed by atoms with Crippen molar-refractivity contribution in [2.24, 2.45) is 5.92 Å². The van der Waals surface area contributed by atoms with Crippen molar-refractivity contribution in [3.63, 3.8) is 0 Å². The molecule has 4 rings (SSSR count). The minimum atomic E-state index is -0.339. The molecule has 8 heteroatoms. The topological polar surface area (TPSA) is 71.0 Å². The van der Waals surface area contributed by atoms with Crippen molar-refractivity contribution in [3.05, 3.63) is 46.5 Å². The molecule has 29 heavy (non-hydrogen) atoms. The van der Waals surface area contributed by atoms with Gasteiger partial charge >= 0.3 is 0 Å². The van der Waals surface area contributed by atoms with Gasteiger partial charge in [0.25, 0.3) is 5.91 Å². The van der Waals surface area contributed by atoms with E-state index in [1.165, 1.54) is 48.9 Å². The van der Waals surface area contributed by atoms with Crippen molar-refractivity contribution >= 4 is 17.5 Å². The highest BCUT2D eigenvalue weighted by atomic mass is 35.5. The van der Waals surface area contributed by atoms with Gasteiger partial charge in [0, 0.05) is 6.04 Å². The highest BCUT2D eigenvalue weighted by Gasteiger charge is 2.30. The normalized spacial score (nSPS) is 22.7. The van der Waals surface area contributed by atoms with E-state index in [9.17, 15) is 9.18 Å². The number of hydrazine groups is 1. The van der Waals surface area contributed by atoms with Crippen LogP contribution in [-0.4, -0.2) is 27.9 Å². The van der Waals surface area contributed by atoms with E-state index >= 15 is 0 Å². The fourth-order valence-electron chi connectivity index (χ4n) is 4.44. The van der Waals surface area contributed by atoms with E-state index in [1.807, 2.05) is 0 Å². The molecule has 156 valence electrons. The largest absolute Gasteiger partial charge is 0.335 e. The Morgan fingerprint density at radius 3 is 2.69 bits per heavy atom. The van der Waals surface area contributed by atoms with Crippen LogP contribution in [0.2, 0.25) is 5.15 Å². The molecule has 1 saturated carbocycles. The van der Waals surface area contributed by atoms with Crippen LogP contribution < -0.4 is 16.2 Å². The quantitative estimate of drug-likeness (QED) is 0.688. The predicted octanol–water partition coefficient (Wildman–Crippen LogP) is 3.87. The van der Waals surface area contributed by atoms with Crippen LogP contribution in [0.1, 0.15) is 61.0 Å². The van der Waals surface area contributed by atoms with Crippen molar-refractivity contribution in [1.82, 2.24) is 25.9 Å².